The minimum Gasteiger partial charge on any atom is -0.497 e. The molecule has 1 saturated heterocycles. The average Bonchev–Trinajstić information content (AvgIpc) is 2.82. The summed E-state index contributed by atoms with van der Waals surface area (Å²) >= 11 is 1.89. The molecule has 0 amide bonds. The minimum absolute atomic E-state index is 0.562. The third-order valence-electron chi connectivity index (χ3n) is 3.40. The highest BCUT2D eigenvalue weighted by atomic mass is 32.1. The van der Waals surface area contributed by atoms with Gasteiger partial charge in [-0.25, -0.2) is 0 Å². The second-order valence-corrected chi connectivity index (χ2v) is 5.67. The molecule has 2 nitrogen and oxygen atoms in total. The Morgan fingerprint density at radius 2 is 2.24 bits per heavy atom. The Kier molecular flexibility index (Phi) is 3.04. The molecule has 0 saturated carbocycles. The molecule has 0 radical (unpaired) electrons. The molecule has 3 rings (SSSR count). The van der Waals surface area contributed by atoms with Gasteiger partial charge in [0.25, 0.3) is 0 Å². The van der Waals surface area contributed by atoms with Gasteiger partial charge in [0.15, 0.2) is 0 Å². The van der Waals surface area contributed by atoms with Crippen molar-refractivity contribution >= 4 is 21.4 Å². The SMILES string of the molecule is COc1ccc2cc(C3CCCCN3)sc2c1. The number of fused-ring (bicyclic) bond motifs is 1. The first-order valence-electron chi connectivity index (χ1n) is 6.18. The van der Waals surface area contributed by atoms with E-state index in [1.165, 1.54) is 34.2 Å². The van der Waals surface area contributed by atoms with Crippen LogP contribution in [0.25, 0.3) is 10.1 Å². The second-order valence-electron chi connectivity index (χ2n) is 4.56. The van der Waals surface area contributed by atoms with Crippen molar-refractivity contribution in [3.63, 3.8) is 0 Å². The fourth-order valence-corrected chi connectivity index (χ4v) is 3.63. The van der Waals surface area contributed by atoms with Crippen LogP contribution in [0.5, 0.6) is 5.75 Å². The highest BCUT2D eigenvalue weighted by Crippen LogP contribution is 2.35. The Morgan fingerprint density at radius 1 is 1.29 bits per heavy atom. The van der Waals surface area contributed by atoms with Gasteiger partial charge in [-0.2, -0.15) is 0 Å². The van der Waals surface area contributed by atoms with E-state index in [0.29, 0.717) is 6.04 Å². The van der Waals surface area contributed by atoms with Gasteiger partial charge in [0.05, 0.1) is 7.11 Å². The van der Waals surface area contributed by atoms with E-state index >= 15 is 0 Å². The Balaban J connectivity index is 1.95. The van der Waals surface area contributed by atoms with Crippen molar-refractivity contribution in [2.45, 2.75) is 25.3 Å². The lowest BCUT2D eigenvalue weighted by molar-refractivity contribution is 0.415. The van der Waals surface area contributed by atoms with Crippen molar-refractivity contribution in [3.05, 3.63) is 29.1 Å². The first-order valence-corrected chi connectivity index (χ1v) is 6.99. The normalized spacial score (nSPS) is 20.6. The van der Waals surface area contributed by atoms with Crippen LogP contribution in [-0.2, 0) is 0 Å². The minimum atomic E-state index is 0.562. The molecule has 0 spiro atoms. The van der Waals surface area contributed by atoms with Crippen LogP contribution in [0.4, 0.5) is 0 Å². The number of hydrogen-bond acceptors (Lipinski definition) is 3. The Labute approximate surface area is 106 Å². The molecule has 90 valence electrons. The van der Waals surface area contributed by atoms with Crippen LogP contribution < -0.4 is 10.1 Å². The lowest BCUT2D eigenvalue weighted by Crippen LogP contribution is -2.25. The first kappa shape index (κ1) is 11.1. The molecule has 3 heteroatoms. The van der Waals surface area contributed by atoms with Crippen LogP contribution >= 0.6 is 11.3 Å². The number of piperidine rings is 1. The quantitative estimate of drug-likeness (QED) is 0.873. The standard InChI is InChI=1S/C14H17NOS/c1-16-11-6-5-10-8-14(17-13(10)9-11)12-4-2-3-7-15-12/h5-6,8-9,12,15H,2-4,7H2,1H3. The van der Waals surface area contributed by atoms with Gasteiger partial charge >= 0.3 is 0 Å². The molecule has 17 heavy (non-hydrogen) atoms. The molecule has 1 N–H and O–H groups in total. The van der Waals surface area contributed by atoms with Gasteiger partial charge in [-0.3, -0.25) is 0 Å². The number of thiophene rings is 1. The van der Waals surface area contributed by atoms with Crippen molar-refractivity contribution in [2.24, 2.45) is 0 Å². The number of hydrogen-bond donors (Lipinski definition) is 1. The monoisotopic (exact) mass is 247 g/mol. The number of methoxy groups -OCH3 is 1. The number of nitrogens with one attached hydrogen (secondary N) is 1. The maximum absolute atomic E-state index is 5.27. The average molecular weight is 247 g/mol. The summed E-state index contributed by atoms with van der Waals surface area (Å²) < 4.78 is 6.59. The first-order chi connectivity index (χ1) is 8.36. The topological polar surface area (TPSA) is 21.3 Å². The highest BCUT2D eigenvalue weighted by molar-refractivity contribution is 7.19. The number of rotatable bonds is 2. The Hall–Kier alpha value is -1.06. The van der Waals surface area contributed by atoms with Gasteiger partial charge in [0.2, 0.25) is 0 Å². The zero-order chi connectivity index (χ0) is 11.7. The van der Waals surface area contributed by atoms with Crippen molar-refractivity contribution in [1.82, 2.24) is 5.32 Å². The number of ether oxygens (including phenoxy) is 1. The summed E-state index contributed by atoms with van der Waals surface area (Å²) in [5.74, 6) is 0.947. The van der Waals surface area contributed by atoms with Crippen molar-refractivity contribution < 1.29 is 4.74 Å². The molecule has 1 atom stereocenters. The predicted molar refractivity (Wildman–Crippen MR) is 73.0 cm³/mol. The van der Waals surface area contributed by atoms with Crippen LogP contribution in [0.2, 0.25) is 0 Å². The molecule has 2 heterocycles. The molecule has 1 aromatic heterocycles. The molecule has 1 aliphatic heterocycles. The highest BCUT2D eigenvalue weighted by Gasteiger charge is 2.16. The van der Waals surface area contributed by atoms with Crippen LogP contribution in [-0.4, -0.2) is 13.7 Å². The summed E-state index contributed by atoms with van der Waals surface area (Å²) in [6.45, 7) is 1.15. The van der Waals surface area contributed by atoms with E-state index in [4.69, 9.17) is 4.74 Å². The molecule has 0 aliphatic carbocycles. The molecular weight excluding hydrogens is 230 g/mol. The molecule has 1 unspecified atom stereocenters. The molecular formula is C14H17NOS. The van der Waals surface area contributed by atoms with Crippen molar-refractivity contribution in [2.75, 3.05) is 13.7 Å². The van der Waals surface area contributed by atoms with Crippen LogP contribution in [0.15, 0.2) is 24.3 Å². The lowest BCUT2D eigenvalue weighted by Gasteiger charge is -2.22. The van der Waals surface area contributed by atoms with Gasteiger partial charge in [-0.05, 0) is 49.0 Å². The summed E-state index contributed by atoms with van der Waals surface area (Å²) in [7, 11) is 1.72. The Morgan fingerprint density at radius 3 is 3.00 bits per heavy atom. The second kappa shape index (κ2) is 4.67. The molecule has 2 aromatic rings. The van der Waals surface area contributed by atoms with E-state index in [2.05, 4.69) is 23.5 Å². The summed E-state index contributed by atoms with van der Waals surface area (Å²) in [4.78, 5) is 1.47. The maximum atomic E-state index is 5.27. The summed E-state index contributed by atoms with van der Waals surface area (Å²) in [6, 6.07) is 9.20. The van der Waals surface area contributed by atoms with Gasteiger partial charge in [0.1, 0.15) is 5.75 Å². The molecule has 1 fully saturated rings. The van der Waals surface area contributed by atoms with Gasteiger partial charge in [0, 0.05) is 15.6 Å². The maximum Gasteiger partial charge on any atom is 0.120 e. The van der Waals surface area contributed by atoms with Gasteiger partial charge in [-0.1, -0.05) is 6.42 Å². The van der Waals surface area contributed by atoms with E-state index in [0.717, 1.165) is 12.3 Å². The largest absolute Gasteiger partial charge is 0.497 e. The zero-order valence-corrected chi connectivity index (χ0v) is 10.8. The zero-order valence-electron chi connectivity index (χ0n) is 10.0. The fourth-order valence-electron chi connectivity index (χ4n) is 2.43. The predicted octanol–water partition coefficient (Wildman–Crippen LogP) is 3.72. The van der Waals surface area contributed by atoms with E-state index in [9.17, 15) is 0 Å². The fraction of sp³-hybridized carbons (Fsp3) is 0.429. The van der Waals surface area contributed by atoms with E-state index in [1.807, 2.05) is 17.4 Å². The van der Waals surface area contributed by atoms with Crippen molar-refractivity contribution in [1.29, 1.82) is 0 Å². The number of benzene rings is 1. The van der Waals surface area contributed by atoms with E-state index < -0.39 is 0 Å². The smallest absolute Gasteiger partial charge is 0.120 e. The van der Waals surface area contributed by atoms with E-state index in [1.54, 1.807) is 7.11 Å². The third kappa shape index (κ3) is 2.17. The van der Waals surface area contributed by atoms with Crippen LogP contribution in [0.3, 0.4) is 0 Å². The molecule has 1 aliphatic rings. The third-order valence-corrected chi connectivity index (χ3v) is 4.61. The van der Waals surface area contributed by atoms with Gasteiger partial charge < -0.3 is 10.1 Å². The Bertz CT molecular complexity index is 514. The van der Waals surface area contributed by atoms with Crippen LogP contribution in [0.1, 0.15) is 30.2 Å². The summed E-state index contributed by atoms with van der Waals surface area (Å²) in [5, 5.41) is 4.94. The van der Waals surface area contributed by atoms with Gasteiger partial charge in [-0.15, -0.1) is 11.3 Å². The lowest BCUT2D eigenvalue weighted by atomic mass is 10.0. The molecule has 1 aromatic carbocycles. The van der Waals surface area contributed by atoms with Crippen molar-refractivity contribution in [3.8, 4) is 5.75 Å². The molecule has 0 bridgehead atoms. The van der Waals surface area contributed by atoms with E-state index in [-0.39, 0.29) is 0 Å². The summed E-state index contributed by atoms with van der Waals surface area (Å²) in [5.41, 5.74) is 0. The van der Waals surface area contributed by atoms with Crippen LogP contribution in [0, 0.1) is 0 Å². The summed E-state index contributed by atoms with van der Waals surface area (Å²) in [6.07, 6.45) is 3.93.